The molecule has 168 valence electrons. The highest BCUT2D eigenvalue weighted by Gasteiger charge is 2.44. The molecular weight excluding hydrogens is 407 g/mol. The van der Waals surface area contributed by atoms with Crippen LogP contribution in [0.2, 0.25) is 0 Å². The van der Waals surface area contributed by atoms with Crippen LogP contribution in [0.15, 0.2) is 30.3 Å². The first kappa shape index (κ1) is 21.7. The van der Waals surface area contributed by atoms with E-state index in [4.69, 9.17) is 4.74 Å². The molecule has 2 aromatic rings. The minimum Gasteiger partial charge on any atom is -0.491 e. The number of carbonyl (C=O) groups is 1. The lowest BCUT2D eigenvalue weighted by atomic mass is 9.83. The Kier molecular flexibility index (Phi) is 5.54. The van der Waals surface area contributed by atoms with E-state index >= 15 is 0 Å². The summed E-state index contributed by atoms with van der Waals surface area (Å²) in [5.74, 6) is 0.702. The van der Waals surface area contributed by atoms with Crippen LogP contribution < -0.4 is 10.1 Å². The van der Waals surface area contributed by atoms with Crippen molar-refractivity contribution in [2.75, 3.05) is 19.6 Å². The zero-order valence-electron chi connectivity index (χ0n) is 18.1. The SMILES string of the molecule is Cc1cc(C(=O)N2CCC3(CC2)NCCn2c(C(F)(F)F)ccc23)ccc1OC(C)C. The number of piperidine rings is 1. The number of benzene rings is 1. The zero-order chi connectivity index (χ0) is 22.4. The van der Waals surface area contributed by atoms with Crippen LogP contribution in [-0.4, -0.2) is 41.1 Å². The van der Waals surface area contributed by atoms with E-state index in [0.29, 0.717) is 50.3 Å². The van der Waals surface area contributed by atoms with E-state index in [1.165, 1.54) is 10.6 Å². The molecule has 0 unspecified atom stereocenters. The molecule has 2 aliphatic heterocycles. The van der Waals surface area contributed by atoms with Crippen molar-refractivity contribution >= 4 is 5.91 Å². The van der Waals surface area contributed by atoms with Crippen molar-refractivity contribution < 1.29 is 22.7 Å². The molecule has 0 bridgehead atoms. The Morgan fingerprint density at radius 2 is 1.84 bits per heavy atom. The van der Waals surface area contributed by atoms with Crippen LogP contribution in [-0.2, 0) is 18.3 Å². The summed E-state index contributed by atoms with van der Waals surface area (Å²) in [4.78, 5) is 14.8. The Balaban J connectivity index is 1.49. The number of hydrogen-bond donors (Lipinski definition) is 1. The van der Waals surface area contributed by atoms with E-state index in [9.17, 15) is 18.0 Å². The molecule has 3 heterocycles. The van der Waals surface area contributed by atoms with Gasteiger partial charge in [-0.25, -0.2) is 0 Å². The van der Waals surface area contributed by atoms with Gasteiger partial charge in [-0.3, -0.25) is 4.79 Å². The Hall–Kier alpha value is -2.48. The summed E-state index contributed by atoms with van der Waals surface area (Å²) in [6.07, 6.45) is -3.16. The van der Waals surface area contributed by atoms with Gasteiger partial charge in [0.1, 0.15) is 11.4 Å². The summed E-state index contributed by atoms with van der Waals surface area (Å²) >= 11 is 0. The predicted molar refractivity (Wildman–Crippen MR) is 111 cm³/mol. The van der Waals surface area contributed by atoms with Gasteiger partial charge in [-0.1, -0.05) is 0 Å². The third kappa shape index (κ3) is 4.05. The molecule has 0 aliphatic carbocycles. The first-order valence-corrected chi connectivity index (χ1v) is 10.7. The van der Waals surface area contributed by atoms with Gasteiger partial charge in [-0.2, -0.15) is 13.2 Å². The lowest BCUT2D eigenvalue weighted by Gasteiger charge is -2.45. The molecule has 8 heteroatoms. The summed E-state index contributed by atoms with van der Waals surface area (Å²) in [5.41, 5.74) is 1.05. The maximum atomic E-state index is 13.3. The number of carbonyl (C=O) groups excluding carboxylic acids is 1. The third-order valence-electron chi connectivity index (χ3n) is 6.25. The van der Waals surface area contributed by atoms with Gasteiger partial charge in [0.25, 0.3) is 5.91 Å². The zero-order valence-corrected chi connectivity index (χ0v) is 18.1. The van der Waals surface area contributed by atoms with Crippen molar-refractivity contribution in [3.8, 4) is 5.75 Å². The minimum atomic E-state index is -4.36. The van der Waals surface area contributed by atoms with E-state index in [-0.39, 0.29) is 12.0 Å². The molecule has 0 saturated carbocycles. The first-order valence-electron chi connectivity index (χ1n) is 10.7. The second-order valence-corrected chi connectivity index (χ2v) is 8.70. The van der Waals surface area contributed by atoms with Crippen LogP contribution in [0.25, 0.3) is 0 Å². The van der Waals surface area contributed by atoms with Crippen molar-refractivity contribution in [1.82, 2.24) is 14.8 Å². The average molecular weight is 435 g/mol. The van der Waals surface area contributed by atoms with Gasteiger partial charge in [0.05, 0.1) is 11.6 Å². The van der Waals surface area contributed by atoms with Crippen LogP contribution in [0, 0.1) is 6.92 Å². The predicted octanol–water partition coefficient (Wildman–Crippen LogP) is 4.34. The highest BCUT2D eigenvalue weighted by Crippen LogP contribution is 2.40. The van der Waals surface area contributed by atoms with Crippen molar-refractivity contribution in [2.45, 2.75) is 58.0 Å². The molecule has 1 aromatic heterocycles. The maximum absolute atomic E-state index is 13.3. The fourth-order valence-corrected chi connectivity index (χ4v) is 4.75. The van der Waals surface area contributed by atoms with E-state index in [1.807, 2.05) is 32.9 Å². The number of aromatic nitrogens is 1. The summed E-state index contributed by atoms with van der Waals surface area (Å²) in [7, 11) is 0. The number of likely N-dealkylation sites (tertiary alicyclic amines) is 1. The number of rotatable bonds is 3. The number of amides is 1. The van der Waals surface area contributed by atoms with E-state index < -0.39 is 17.4 Å². The summed E-state index contributed by atoms with van der Waals surface area (Å²) in [5, 5.41) is 3.45. The number of fused-ring (bicyclic) bond motifs is 2. The molecule has 0 atom stereocenters. The molecule has 5 nitrogen and oxygen atoms in total. The first-order chi connectivity index (χ1) is 14.6. The van der Waals surface area contributed by atoms with Crippen LogP contribution in [0.3, 0.4) is 0 Å². The molecule has 1 N–H and O–H groups in total. The lowest BCUT2D eigenvalue weighted by Crippen LogP contribution is -2.56. The molecule has 1 aromatic carbocycles. The Morgan fingerprint density at radius 1 is 1.13 bits per heavy atom. The molecule has 4 rings (SSSR count). The van der Waals surface area contributed by atoms with Gasteiger partial charge >= 0.3 is 6.18 Å². The van der Waals surface area contributed by atoms with Gasteiger partial charge in [0, 0.05) is 37.4 Å². The number of nitrogens with one attached hydrogen (secondary N) is 1. The monoisotopic (exact) mass is 435 g/mol. The molecule has 0 radical (unpaired) electrons. The number of nitrogens with zero attached hydrogens (tertiary/aromatic N) is 2. The lowest BCUT2D eigenvalue weighted by molar-refractivity contribution is -0.144. The molecule has 1 saturated heterocycles. The Bertz CT molecular complexity index is 973. The second-order valence-electron chi connectivity index (χ2n) is 8.70. The second kappa shape index (κ2) is 7.89. The topological polar surface area (TPSA) is 46.5 Å². The standard InChI is InChI=1S/C23H28F3N3O2/c1-15(2)31-18-5-4-17(14-16(18)3)21(30)28-11-8-22(9-12-28)19-6-7-20(23(24,25)26)29(19)13-10-27-22/h4-7,14-15,27H,8-13H2,1-3H3. The van der Waals surface area contributed by atoms with Crippen molar-refractivity contribution in [2.24, 2.45) is 0 Å². The molecule has 1 amide bonds. The van der Waals surface area contributed by atoms with Gasteiger partial charge in [0.15, 0.2) is 0 Å². The maximum Gasteiger partial charge on any atom is 0.431 e. The van der Waals surface area contributed by atoms with Crippen molar-refractivity contribution in [1.29, 1.82) is 0 Å². The van der Waals surface area contributed by atoms with Crippen molar-refractivity contribution in [3.63, 3.8) is 0 Å². The quantitative estimate of drug-likeness (QED) is 0.780. The normalized spacial score (nSPS) is 18.4. The summed E-state index contributed by atoms with van der Waals surface area (Å²) in [6, 6.07) is 8.19. The largest absolute Gasteiger partial charge is 0.491 e. The number of aryl methyl sites for hydroxylation is 1. The molecule has 1 spiro atoms. The van der Waals surface area contributed by atoms with Crippen molar-refractivity contribution in [3.05, 3.63) is 52.8 Å². The number of ether oxygens (including phenoxy) is 1. The smallest absolute Gasteiger partial charge is 0.431 e. The third-order valence-corrected chi connectivity index (χ3v) is 6.25. The van der Waals surface area contributed by atoms with E-state index in [1.54, 1.807) is 17.0 Å². The van der Waals surface area contributed by atoms with Crippen LogP contribution >= 0.6 is 0 Å². The fourth-order valence-electron chi connectivity index (χ4n) is 4.75. The highest BCUT2D eigenvalue weighted by molar-refractivity contribution is 5.94. The number of hydrogen-bond acceptors (Lipinski definition) is 3. The van der Waals surface area contributed by atoms with Gasteiger partial charge in [-0.15, -0.1) is 0 Å². The van der Waals surface area contributed by atoms with Crippen LogP contribution in [0.1, 0.15) is 54.0 Å². The van der Waals surface area contributed by atoms with Gasteiger partial charge < -0.3 is 19.5 Å². The summed E-state index contributed by atoms with van der Waals surface area (Å²) < 4.78 is 47.2. The average Bonchev–Trinajstić information content (AvgIpc) is 3.16. The fraction of sp³-hybridized carbons (Fsp3) is 0.522. The summed E-state index contributed by atoms with van der Waals surface area (Å²) in [6.45, 7) is 7.58. The van der Waals surface area contributed by atoms with E-state index in [0.717, 1.165) is 11.3 Å². The molecule has 2 aliphatic rings. The Labute approximate surface area is 180 Å². The minimum absolute atomic E-state index is 0.0540. The highest BCUT2D eigenvalue weighted by atomic mass is 19.4. The van der Waals surface area contributed by atoms with E-state index in [2.05, 4.69) is 5.32 Å². The van der Waals surface area contributed by atoms with Gasteiger partial charge in [-0.05, 0) is 69.5 Å². The van der Waals surface area contributed by atoms with Gasteiger partial charge in [0.2, 0.25) is 0 Å². The molecule has 31 heavy (non-hydrogen) atoms. The molecular formula is C23H28F3N3O2. The number of alkyl halides is 3. The molecule has 1 fully saturated rings. The number of halogens is 3. The van der Waals surface area contributed by atoms with Crippen LogP contribution in [0.4, 0.5) is 13.2 Å². The Morgan fingerprint density at radius 3 is 2.45 bits per heavy atom. The van der Waals surface area contributed by atoms with Crippen LogP contribution in [0.5, 0.6) is 5.75 Å².